The molecule has 0 saturated heterocycles. The number of carbonyl (C=O) groups excluding carboxylic acids is 2. The van der Waals surface area contributed by atoms with E-state index < -0.39 is 0 Å². The molecule has 0 fully saturated rings. The summed E-state index contributed by atoms with van der Waals surface area (Å²) in [5.74, 6) is -0.360. The van der Waals surface area contributed by atoms with Gasteiger partial charge >= 0.3 is 0 Å². The Hall–Kier alpha value is -2.04. The van der Waals surface area contributed by atoms with Gasteiger partial charge in [0.2, 0.25) is 11.8 Å². The highest BCUT2D eigenvalue weighted by Crippen LogP contribution is 2.21. The van der Waals surface area contributed by atoms with Crippen LogP contribution in [0.4, 0.5) is 0 Å². The lowest BCUT2D eigenvalue weighted by Gasteiger charge is -2.18. The Bertz CT molecular complexity index is 720. The maximum absolute atomic E-state index is 12.2. The van der Waals surface area contributed by atoms with Gasteiger partial charge in [-0.25, -0.2) is 0 Å². The molecule has 0 aliphatic carbocycles. The highest BCUT2D eigenvalue weighted by Gasteiger charge is 2.17. The molecular weight excluding hydrogens is 347 g/mol. The molecule has 0 aliphatic heterocycles. The third-order valence-corrected chi connectivity index (χ3v) is 4.05. The summed E-state index contributed by atoms with van der Waals surface area (Å²) in [6, 6.07) is 14.1. The van der Waals surface area contributed by atoms with Crippen LogP contribution in [0.3, 0.4) is 0 Å². The molecule has 0 heterocycles. The predicted molar refractivity (Wildman–Crippen MR) is 95.9 cm³/mol. The molecule has 2 rings (SSSR count). The van der Waals surface area contributed by atoms with E-state index in [1.54, 1.807) is 18.2 Å². The van der Waals surface area contributed by atoms with E-state index in [2.05, 4.69) is 10.6 Å². The molecule has 0 bridgehead atoms. The molecule has 24 heavy (non-hydrogen) atoms. The number of hydrogen-bond donors (Lipinski definition) is 2. The van der Waals surface area contributed by atoms with Gasteiger partial charge in [-0.2, -0.15) is 0 Å². The summed E-state index contributed by atoms with van der Waals surface area (Å²) in [4.78, 5) is 23.6. The molecular formula is C18H18Cl2N2O2. The molecule has 6 heteroatoms. The number of rotatable bonds is 6. The number of nitrogens with one attached hydrogen (secondary N) is 2. The normalized spacial score (nSPS) is 11.6. The summed E-state index contributed by atoms with van der Waals surface area (Å²) < 4.78 is 0. The standard InChI is InChI=1S/C18H18Cl2N2O2/c1-12(23)22-17(13-5-3-2-4-6-13)10-18(24)21-11-14-7-8-15(19)9-16(14)20/h2-9,17H,10-11H2,1H3,(H,21,24)(H,22,23)/t17-/m1/s1. The summed E-state index contributed by atoms with van der Waals surface area (Å²) >= 11 is 11.9. The Morgan fingerprint density at radius 3 is 2.42 bits per heavy atom. The lowest BCUT2D eigenvalue weighted by Crippen LogP contribution is -2.32. The first-order chi connectivity index (χ1) is 11.5. The fourth-order valence-electron chi connectivity index (χ4n) is 2.30. The van der Waals surface area contributed by atoms with Gasteiger partial charge in [0.25, 0.3) is 0 Å². The van der Waals surface area contributed by atoms with Gasteiger partial charge in [0, 0.05) is 23.5 Å². The third kappa shape index (κ3) is 5.55. The van der Waals surface area contributed by atoms with Gasteiger partial charge in [0.05, 0.1) is 12.5 Å². The Morgan fingerprint density at radius 2 is 1.79 bits per heavy atom. The topological polar surface area (TPSA) is 58.2 Å². The minimum absolute atomic E-state index is 0.148. The third-order valence-electron chi connectivity index (χ3n) is 3.46. The Morgan fingerprint density at radius 1 is 1.08 bits per heavy atom. The molecule has 0 aliphatic rings. The van der Waals surface area contributed by atoms with Crippen LogP contribution in [0.15, 0.2) is 48.5 Å². The van der Waals surface area contributed by atoms with Gasteiger partial charge in [-0.05, 0) is 23.3 Å². The van der Waals surface area contributed by atoms with E-state index in [1.807, 2.05) is 30.3 Å². The number of halogens is 2. The fraction of sp³-hybridized carbons (Fsp3) is 0.222. The zero-order valence-electron chi connectivity index (χ0n) is 13.2. The van der Waals surface area contributed by atoms with Crippen molar-refractivity contribution in [2.24, 2.45) is 0 Å². The minimum atomic E-state index is -0.371. The van der Waals surface area contributed by atoms with Crippen LogP contribution in [0.2, 0.25) is 10.0 Å². The number of amides is 2. The highest BCUT2D eigenvalue weighted by atomic mass is 35.5. The van der Waals surface area contributed by atoms with Crippen molar-refractivity contribution in [1.29, 1.82) is 0 Å². The van der Waals surface area contributed by atoms with Crippen LogP contribution in [-0.2, 0) is 16.1 Å². The van der Waals surface area contributed by atoms with Crippen LogP contribution in [-0.4, -0.2) is 11.8 Å². The zero-order valence-corrected chi connectivity index (χ0v) is 14.7. The van der Waals surface area contributed by atoms with Crippen LogP contribution >= 0.6 is 23.2 Å². The Labute approximate surface area is 151 Å². The maximum atomic E-state index is 12.2. The molecule has 2 aromatic carbocycles. The maximum Gasteiger partial charge on any atom is 0.222 e. The van der Waals surface area contributed by atoms with Crippen molar-refractivity contribution in [3.05, 3.63) is 69.7 Å². The molecule has 0 spiro atoms. The molecule has 1 atom stereocenters. The van der Waals surface area contributed by atoms with E-state index in [0.29, 0.717) is 16.6 Å². The lowest BCUT2D eigenvalue weighted by molar-refractivity contribution is -0.122. The van der Waals surface area contributed by atoms with Crippen molar-refractivity contribution >= 4 is 35.0 Å². The van der Waals surface area contributed by atoms with Crippen molar-refractivity contribution in [3.63, 3.8) is 0 Å². The van der Waals surface area contributed by atoms with E-state index in [9.17, 15) is 9.59 Å². The van der Waals surface area contributed by atoms with Gasteiger partial charge in [-0.15, -0.1) is 0 Å². The lowest BCUT2D eigenvalue weighted by atomic mass is 10.0. The molecule has 2 amide bonds. The molecule has 0 unspecified atom stereocenters. The molecule has 126 valence electrons. The summed E-state index contributed by atoms with van der Waals surface area (Å²) in [6.45, 7) is 1.73. The number of carbonyl (C=O) groups is 2. The van der Waals surface area contributed by atoms with E-state index in [0.717, 1.165) is 11.1 Å². The molecule has 0 aromatic heterocycles. The molecule has 0 radical (unpaired) electrons. The van der Waals surface area contributed by atoms with Crippen LogP contribution in [0.5, 0.6) is 0 Å². The largest absolute Gasteiger partial charge is 0.352 e. The van der Waals surface area contributed by atoms with Crippen molar-refractivity contribution < 1.29 is 9.59 Å². The van der Waals surface area contributed by atoms with Crippen molar-refractivity contribution in [3.8, 4) is 0 Å². The Balaban J connectivity index is 1.98. The van der Waals surface area contributed by atoms with Crippen LogP contribution in [0.25, 0.3) is 0 Å². The minimum Gasteiger partial charge on any atom is -0.352 e. The van der Waals surface area contributed by atoms with E-state index in [-0.39, 0.29) is 24.3 Å². The van der Waals surface area contributed by atoms with Gasteiger partial charge < -0.3 is 10.6 Å². The second kappa shape index (κ2) is 8.71. The van der Waals surface area contributed by atoms with Crippen molar-refractivity contribution in [1.82, 2.24) is 10.6 Å². The second-order valence-electron chi connectivity index (χ2n) is 5.38. The number of benzene rings is 2. The number of hydrogen-bond acceptors (Lipinski definition) is 2. The second-order valence-corrected chi connectivity index (χ2v) is 6.22. The van der Waals surface area contributed by atoms with Gasteiger partial charge in [0.15, 0.2) is 0 Å². The molecule has 0 saturated carbocycles. The first kappa shape index (κ1) is 18.3. The average molecular weight is 365 g/mol. The van der Waals surface area contributed by atoms with E-state index in [1.165, 1.54) is 6.92 Å². The highest BCUT2D eigenvalue weighted by molar-refractivity contribution is 6.35. The van der Waals surface area contributed by atoms with Crippen LogP contribution in [0, 0.1) is 0 Å². The van der Waals surface area contributed by atoms with E-state index in [4.69, 9.17) is 23.2 Å². The van der Waals surface area contributed by atoms with E-state index >= 15 is 0 Å². The molecule has 2 aromatic rings. The molecule has 2 N–H and O–H groups in total. The zero-order chi connectivity index (χ0) is 17.5. The monoisotopic (exact) mass is 364 g/mol. The summed E-state index contributed by atoms with van der Waals surface area (Å²) in [5.41, 5.74) is 1.66. The van der Waals surface area contributed by atoms with Gasteiger partial charge in [0.1, 0.15) is 0 Å². The predicted octanol–water partition coefficient (Wildman–Crippen LogP) is 3.88. The van der Waals surface area contributed by atoms with Crippen LogP contribution in [0.1, 0.15) is 30.5 Å². The van der Waals surface area contributed by atoms with Crippen molar-refractivity contribution in [2.75, 3.05) is 0 Å². The molecule has 4 nitrogen and oxygen atoms in total. The first-order valence-electron chi connectivity index (χ1n) is 7.48. The van der Waals surface area contributed by atoms with Crippen molar-refractivity contribution in [2.45, 2.75) is 25.9 Å². The van der Waals surface area contributed by atoms with Crippen LogP contribution < -0.4 is 10.6 Å². The van der Waals surface area contributed by atoms with Gasteiger partial charge in [-0.3, -0.25) is 9.59 Å². The van der Waals surface area contributed by atoms with Gasteiger partial charge in [-0.1, -0.05) is 59.6 Å². The SMILES string of the molecule is CC(=O)N[C@H](CC(=O)NCc1ccc(Cl)cc1Cl)c1ccccc1. The fourth-order valence-corrected chi connectivity index (χ4v) is 2.77. The smallest absolute Gasteiger partial charge is 0.222 e. The summed E-state index contributed by atoms with van der Waals surface area (Å²) in [6.07, 6.45) is 0.148. The summed E-state index contributed by atoms with van der Waals surface area (Å²) in [5, 5.41) is 6.67. The quantitative estimate of drug-likeness (QED) is 0.816. The first-order valence-corrected chi connectivity index (χ1v) is 8.24. The average Bonchev–Trinajstić information content (AvgIpc) is 2.54. The Kier molecular flexibility index (Phi) is 6.64. The summed E-state index contributed by atoms with van der Waals surface area (Å²) in [7, 11) is 0.